The molecule has 2 nitrogen and oxygen atoms in total. The average molecular weight is 113 g/mol. The topological polar surface area (TPSA) is 38.0 Å². The lowest BCUT2D eigenvalue weighted by Gasteiger charge is -2.03. The van der Waals surface area contributed by atoms with Crippen molar-refractivity contribution in [2.24, 2.45) is 5.73 Å². The van der Waals surface area contributed by atoms with Crippen LogP contribution in [0.5, 0.6) is 0 Å². The Morgan fingerprint density at radius 2 is 2.38 bits per heavy atom. The van der Waals surface area contributed by atoms with Crippen molar-refractivity contribution in [2.45, 2.75) is 25.3 Å². The Labute approximate surface area is 50.4 Å². The van der Waals surface area contributed by atoms with Gasteiger partial charge >= 0.3 is 0 Å². The van der Waals surface area contributed by atoms with Crippen molar-refractivity contribution < 1.29 is 0 Å². The highest BCUT2D eigenvalue weighted by Crippen LogP contribution is 2.03. The molecule has 0 saturated carbocycles. The lowest BCUT2D eigenvalue weighted by atomic mass is 10.2. The summed E-state index contributed by atoms with van der Waals surface area (Å²) in [5.74, 6) is 0. The van der Waals surface area contributed by atoms with Gasteiger partial charge in [0.15, 0.2) is 0 Å². The van der Waals surface area contributed by atoms with E-state index in [1.807, 2.05) is 6.54 Å². The minimum Gasteiger partial charge on any atom is -0.326 e. The van der Waals surface area contributed by atoms with E-state index in [0.717, 1.165) is 13.0 Å². The predicted octanol–water partition coefficient (Wildman–Crippen LogP) is 0.249. The van der Waals surface area contributed by atoms with Crippen LogP contribution in [0, 0.1) is 6.54 Å². The van der Waals surface area contributed by atoms with Crippen LogP contribution in [0.25, 0.3) is 0 Å². The van der Waals surface area contributed by atoms with Gasteiger partial charge in [0, 0.05) is 12.6 Å². The van der Waals surface area contributed by atoms with Crippen molar-refractivity contribution in [3.05, 3.63) is 6.54 Å². The maximum atomic E-state index is 5.62. The van der Waals surface area contributed by atoms with Crippen LogP contribution in [0.4, 0.5) is 0 Å². The number of hydrogen-bond acceptors (Lipinski definition) is 2. The summed E-state index contributed by atoms with van der Waals surface area (Å²) >= 11 is 0. The van der Waals surface area contributed by atoms with E-state index < -0.39 is 0 Å². The van der Waals surface area contributed by atoms with Gasteiger partial charge in [-0.2, -0.15) is 0 Å². The molecule has 0 bridgehead atoms. The second kappa shape index (κ2) is 3.05. The molecule has 8 heavy (non-hydrogen) atoms. The number of rotatable bonds is 0. The first kappa shape index (κ1) is 6.05. The van der Waals surface area contributed by atoms with Crippen LogP contribution in [0.3, 0.4) is 0 Å². The second-order valence-electron chi connectivity index (χ2n) is 2.28. The number of hydrogen-bond donors (Lipinski definition) is 2. The zero-order chi connectivity index (χ0) is 5.82. The van der Waals surface area contributed by atoms with Crippen LogP contribution in [0.1, 0.15) is 19.3 Å². The first-order valence-corrected chi connectivity index (χ1v) is 3.22. The Kier molecular flexibility index (Phi) is 2.30. The minimum atomic E-state index is 0.289. The van der Waals surface area contributed by atoms with Gasteiger partial charge in [0.1, 0.15) is 0 Å². The Hall–Kier alpha value is -0.0800. The zero-order valence-electron chi connectivity index (χ0n) is 5.06. The molecule has 0 spiro atoms. The van der Waals surface area contributed by atoms with Crippen LogP contribution in [-0.4, -0.2) is 12.6 Å². The van der Waals surface area contributed by atoms with Gasteiger partial charge in [-0.15, -0.1) is 0 Å². The molecule has 1 aliphatic rings. The summed E-state index contributed by atoms with van der Waals surface area (Å²) in [5.41, 5.74) is 5.62. The molecule has 1 rings (SSSR count). The normalized spacial score (nSPS) is 31.9. The molecule has 1 heterocycles. The van der Waals surface area contributed by atoms with Crippen molar-refractivity contribution in [2.75, 3.05) is 6.54 Å². The molecule has 1 unspecified atom stereocenters. The Bertz CT molecular complexity index is 55.5. The first-order valence-electron chi connectivity index (χ1n) is 3.22. The summed E-state index contributed by atoms with van der Waals surface area (Å²) in [5, 5.41) is 3.15. The van der Waals surface area contributed by atoms with Crippen molar-refractivity contribution in [3.63, 3.8) is 0 Å². The molecule has 0 aromatic carbocycles. The molecule has 0 aromatic heterocycles. The maximum absolute atomic E-state index is 5.62. The Morgan fingerprint density at radius 1 is 1.50 bits per heavy atom. The lowest BCUT2D eigenvalue weighted by molar-refractivity contribution is 0.658. The third-order valence-corrected chi connectivity index (χ3v) is 1.44. The fraction of sp³-hybridized carbons (Fsp3) is 0.833. The Balaban J connectivity index is 2.17. The van der Waals surface area contributed by atoms with Gasteiger partial charge in [0.05, 0.1) is 0 Å². The molecule has 0 amide bonds. The second-order valence-corrected chi connectivity index (χ2v) is 2.28. The summed E-state index contributed by atoms with van der Waals surface area (Å²) in [6.07, 6.45) is 3.68. The third kappa shape index (κ3) is 1.80. The third-order valence-electron chi connectivity index (χ3n) is 1.44. The number of nitrogens with two attached hydrogens (primary N) is 1. The summed E-state index contributed by atoms with van der Waals surface area (Å²) < 4.78 is 0. The standard InChI is InChI=1S/C6H13N2/c7-6-3-1-2-4-8-5-6/h5-6,8H,1-4,7H2. The van der Waals surface area contributed by atoms with E-state index in [9.17, 15) is 0 Å². The van der Waals surface area contributed by atoms with Gasteiger partial charge < -0.3 is 11.1 Å². The predicted molar refractivity (Wildman–Crippen MR) is 34.1 cm³/mol. The van der Waals surface area contributed by atoms with Crippen LogP contribution in [0.2, 0.25) is 0 Å². The van der Waals surface area contributed by atoms with Crippen molar-refractivity contribution >= 4 is 0 Å². The van der Waals surface area contributed by atoms with Gasteiger partial charge in [-0.3, -0.25) is 0 Å². The lowest BCUT2D eigenvalue weighted by Crippen LogP contribution is -2.25. The number of nitrogens with one attached hydrogen (secondary N) is 1. The fourth-order valence-corrected chi connectivity index (χ4v) is 0.925. The van der Waals surface area contributed by atoms with Gasteiger partial charge in [-0.05, 0) is 19.4 Å². The molecule has 2 heteroatoms. The molecule has 1 fully saturated rings. The summed E-state index contributed by atoms with van der Waals surface area (Å²) in [4.78, 5) is 0. The molecule has 1 radical (unpaired) electrons. The van der Waals surface area contributed by atoms with E-state index in [0.29, 0.717) is 0 Å². The summed E-state index contributed by atoms with van der Waals surface area (Å²) in [6, 6.07) is 0.289. The van der Waals surface area contributed by atoms with E-state index in [1.165, 1.54) is 12.8 Å². The fourth-order valence-electron chi connectivity index (χ4n) is 0.925. The highest BCUT2D eigenvalue weighted by Gasteiger charge is 2.04. The monoisotopic (exact) mass is 113 g/mol. The highest BCUT2D eigenvalue weighted by molar-refractivity contribution is 4.79. The van der Waals surface area contributed by atoms with Gasteiger partial charge in [0.2, 0.25) is 0 Å². The highest BCUT2D eigenvalue weighted by atomic mass is 14.9. The molecule has 1 atom stereocenters. The average Bonchev–Trinajstić information content (AvgIpc) is 1.94. The first-order chi connectivity index (χ1) is 3.89. The smallest absolute Gasteiger partial charge is 0.0388 e. The Morgan fingerprint density at radius 3 is 3.25 bits per heavy atom. The molecular weight excluding hydrogens is 100 g/mol. The van der Waals surface area contributed by atoms with E-state index in [-0.39, 0.29) is 6.04 Å². The van der Waals surface area contributed by atoms with Crippen molar-refractivity contribution in [1.29, 1.82) is 0 Å². The molecule has 0 aromatic rings. The van der Waals surface area contributed by atoms with E-state index in [4.69, 9.17) is 5.73 Å². The summed E-state index contributed by atoms with van der Waals surface area (Å²) in [6.45, 7) is 3.10. The van der Waals surface area contributed by atoms with E-state index in [1.54, 1.807) is 0 Å². The van der Waals surface area contributed by atoms with Crippen LogP contribution < -0.4 is 11.1 Å². The van der Waals surface area contributed by atoms with Gasteiger partial charge in [-0.25, -0.2) is 0 Å². The van der Waals surface area contributed by atoms with Crippen LogP contribution >= 0.6 is 0 Å². The minimum absolute atomic E-state index is 0.289. The zero-order valence-corrected chi connectivity index (χ0v) is 5.06. The SMILES string of the molecule is NC1[CH]NCCCC1. The molecular formula is C6H13N2. The van der Waals surface area contributed by atoms with E-state index in [2.05, 4.69) is 5.32 Å². The molecule has 3 N–H and O–H groups in total. The summed E-state index contributed by atoms with van der Waals surface area (Å²) in [7, 11) is 0. The van der Waals surface area contributed by atoms with Crippen molar-refractivity contribution in [1.82, 2.24) is 5.32 Å². The van der Waals surface area contributed by atoms with Gasteiger partial charge in [-0.1, -0.05) is 6.42 Å². The molecule has 1 aliphatic heterocycles. The van der Waals surface area contributed by atoms with E-state index >= 15 is 0 Å². The quantitative estimate of drug-likeness (QED) is 0.472. The van der Waals surface area contributed by atoms with Crippen LogP contribution in [0.15, 0.2) is 0 Å². The maximum Gasteiger partial charge on any atom is 0.0388 e. The van der Waals surface area contributed by atoms with Crippen molar-refractivity contribution in [3.8, 4) is 0 Å². The molecule has 47 valence electrons. The van der Waals surface area contributed by atoms with Crippen LogP contribution in [-0.2, 0) is 0 Å². The molecule has 0 aliphatic carbocycles. The molecule has 1 saturated heterocycles. The van der Waals surface area contributed by atoms with Gasteiger partial charge in [0.25, 0.3) is 0 Å². The largest absolute Gasteiger partial charge is 0.326 e.